The number of benzene rings is 1. The van der Waals surface area contributed by atoms with Gasteiger partial charge in [-0.3, -0.25) is 0 Å². The van der Waals surface area contributed by atoms with Crippen LogP contribution in [0.5, 0.6) is 5.75 Å². The Morgan fingerprint density at radius 3 is 2.68 bits per heavy atom. The van der Waals surface area contributed by atoms with Gasteiger partial charge in [0.05, 0.1) is 13.4 Å². The normalized spacial score (nSPS) is 13.0. The van der Waals surface area contributed by atoms with Gasteiger partial charge in [-0.2, -0.15) is 0 Å². The number of ether oxygens (including phenoxy) is 2. The second-order valence-corrected chi connectivity index (χ2v) is 6.12. The molecular formula is C14H16FNO5S. The SMILES string of the molecule is COc1ccc(F)cc1S(=O)(=O)NCC(OC)c1ccco1. The minimum Gasteiger partial charge on any atom is -0.495 e. The molecule has 0 fully saturated rings. The lowest BCUT2D eigenvalue weighted by Gasteiger charge is -2.15. The highest BCUT2D eigenvalue weighted by Crippen LogP contribution is 2.25. The number of hydrogen-bond acceptors (Lipinski definition) is 5. The monoisotopic (exact) mass is 329 g/mol. The van der Waals surface area contributed by atoms with Gasteiger partial charge in [-0.05, 0) is 30.3 Å². The van der Waals surface area contributed by atoms with Crippen LogP contribution in [0.2, 0.25) is 0 Å². The molecule has 1 aromatic carbocycles. The topological polar surface area (TPSA) is 77.8 Å². The summed E-state index contributed by atoms with van der Waals surface area (Å²) in [6, 6.07) is 6.62. The molecule has 0 amide bonds. The summed E-state index contributed by atoms with van der Waals surface area (Å²) in [6.45, 7) is -0.0635. The standard InChI is InChI=1S/C14H16FNO5S/c1-19-12-6-5-10(15)8-14(12)22(17,18)16-9-13(20-2)11-4-3-7-21-11/h3-8,13,16H,9H2,1-2H3. The number of methoxy groups -OCH3 is 2. The summed E-state index contributed by atoms with van der Waals surface area (Å²) < 4.78 is 55.6. The fourth-order valence-electron chi connectivity index (χ4n) is 1.90. The first-order chi connectivity index (χ1) is 10.5. The fourth-order valence-corrected chi connectivity index (χ4v) is 3.11. The van der Waals surface area contributed by atoms with Gasteiger partial charge in [-0.1, -0.05) is 0 Å². The molecular weight excluding hydrogens is 313 g/mol. The number of hydrogen-bond donors (Lipinski definition) is 1. The van der Waals surface area contributed by atoms with Gasteiger partial charge in [-0.15, -0.1) is 0 Å². The number of halogens is 1. The van der Waals surface area contributed by atoms with E-state index < -0.39 is 21.9 Å². The van der Waals surface area contributed by atoms with E-state index in [-0.39, 0.29) is 17.2 Å². The maximum absolute atomic E-state index is 13.3. The molecule has 0 spiro atoms. The summed E-state index contributed by atoms with van der Waals surface area (Å²) in [5, 5.41) is 0. The summed E-state index contributed by atoms with van der Waals surface area (Å²) in [4.78, 5) is -0.274. The molecule has 8 heteroatoms. The Labute approximate surface area is 127 Å². The maximum atomic E-state index is 13.3. The van der Waals surface area contributed by atoms with Crippen LogP contribution in [0.4, 0.5) is 4.39 Å². The first-order valence-corrected chi connectivity index (χ1v) is 7.85. The average Bonchev–Trinajstić information content (AvgIpc) is 3.02. The molecule has 1 atom stereocenters. The predicted molar refractivity (Wildman–Crippen MR) is 76.6 cm³/mol. The van der Waals surface area contributed by atoms with Crippen molar-refractivity contribution < 1.29 is 26.7 Å². The van der Waals surface area contributed by atoms with Crippen molar-refractivity contribution in [2.45, 2.75) is 11.0 Å². The van der Waals surface area contributed by atoms with Crippen molar-refractivity contribution in [1.82, 2.24) is 4.72 Å². The van der Waals surface area contributed by atoms with Crippen LogP contribution in [0.3, 0.4) is 0 Å². The third kappa shape index (κ3) is 3.65. The summed E-state index contributed by atoms with van der Waals surface area (Å²) in [5.41, 5.74) is 0. The largest absolute Gasteiger partial charge is 0.495 e. The molecule has 2 rings (SSSR count). The van der Waals surface area contributed by atoms with Gasteiger partial charge in [0, 0.05) is 13.7 Å². The molecule has 1 N–H and O–H groups in total. The van der Waals surface area contributed by atoms with Crippen LogP contribution in [0.15, 0.2) is 45.9 Å². The van der Waals surface area contributed by atoms with Crippen LogP contribution in [0.1, 0.15) is 11.9 Å². The molecule has 2 aromatic rings. The van der Waals surface area contributed by atoms with E-state index in [0.717, 1.165) is 12.1 Å². The lowest BCUT2D eigenvalue weighted by Crippen LogP contribution is -2.29. The van der Waals surface area contributed by atoms with Crippen molar-refractivity contribution in [1.29, 1.82) is 0 Å². The smallest absolute Gasteiger partial charge is 0.244 e. The van der Waals surface area contributed by atoms with Crippen molar-refractivity contribution in [3.8, 4) is 5.75 Å². The van der Waals surface area contributed by atoms with Crippen LogP contribution in [-0.4, -0.2) is 29.2 Å². The molecule has 0 aliphatic rings. The zero-order chi connectivity index (χ0) is 16.2. The third-order valence-electron chi connectivity index (χ3n) is 3.02. The quantitative estimate of drug-likeness (QED) is 0.841. The second-order valence-electron chi connectivity index (χ2n) is 4.39. The van der Waals surface area contributed by atoms with E-state index in [1.165, 1.54) is 26.5 Å². The van der Waals surface area contributed by atoms with Gasteiger partial charge >= 0.3 is 0 Å². The van der Waals surface area contributed by atoms with E-state index in [1.54, 1.807) is 12.1 Å². The minimum atomic E-state index is -3.96. The first kappa shape index (κ1) is 16.5. The summed E-state index contributed by atoms with van der Waals surface area (Å²) in [5.74, 6) is -0.132. The molecule has 0 saturated heterocycles. The maximum Gasteiger partial charge on any atom is 0.244 e. The molecule has 0 bridgehead atoms. The Morgan fingerprint density at radius 2 is 2.09 bits per heavy atom. The molecule has 1 unspecified atom stereocenters. The van der Waals surface area contributed by atoms with Crippen LogP contribution in [-0.2, 0) is 14.8 Å². The van der Waals surface area contributed by atoms with E-state index in [0.29, 0.717) is 5.76 Å². The number of nitrogens with one attached hydrogen (secondary N) is 1. The van der Waals surface area contributed by atoms with Crippen molar-refractivity contribution >= 4 is 10.0 Å². The Morgan fingerprint density at radius 1 is 1.32 bits per heavy atom. The van der Waals surface area contributed by atoms with E-state index >= 15 is 0 Å². The van der Waals surface area contributed by atoms with Crippen LogP contribution >= 0.6 is 0 Å². The Bertz CT molecular complexity index is 715. The van der Waals surface area contributed by atoms with E-state index in [2.05, 4.69) is 4.72 Å². The predicted octanol–water partition coefficient (Wildman–Crippen LogP) is 2.09. The van der Waals surface area contributed by atoms with Gasteiger partial charge in [-0.25, -0.2) is 17.5 Å². The zero-order valence-electron chi connectivity index (χ0n) is 12.1. The van der Waals surface area contributed by atoms with Gasteiger partial charge in [0.25, 0.3) is 0 Å². The summed E-state index contributed by atoms with van der Waals surface area (Å²) in [6.07, 6.45) is 0.871. The van der Waals surface area contributed by atoms with Crippen LogP contribution < -0.4 is 9.46 Å². The molecule has 120 valence electrons. The van der Waals surface area contributed by atoms with Crippen LogP contribution in [0.25, 0.3) is 0 Å². The zero-order valence-corrected chi connectivity index (χ0v) is 12.9. The highest BCUT2D eigenvalue weighted by atomic mass is 32.2. The lowest BCUT2D eigenvalue weighted by molar-refractivity contribution is 0.0878. The molecule has 0 aliphatic carbocycles. The molecule has 1 aromatic heterocycles. The van der Waals surface area contributed by atoms with Gasteiger partial charge < -0.3 is 13.9 Å². The highest BCUT2D eigenvalue weighted by molar-refractivity contribution is 7.89. The molecule has 22 heavy (non-hydrogen) atoms. The van der Waals surface area contributed by atoms with Crippen LogP contribution in [0, 0.1) is 5.82 Å². The lowest BCUT2D eigenvalue weighted by atomic mass is 10.3. The van der Waals surface area contributed by atoms with Crippen molar-refractivity contribution in [2.75, 3.05) is 20.8 Å². The molecule has 0 aliphatic heterocycles. The second kappa shape index (κ2) is 6.91. The number of sulfonamides is 1. The van der Waals surface area contributed by atoms with E-state index in [1.807, 2.05) is 0 Å². The molecule has 0 radical (unpaired) electrons. The summed E-state index contributed by atoms with van der Waals surface area (Å²) in [7, 11) is -1.21. The highest BCUT2D eigenvalue weighted by Gasteiger charge is 2.23. The first-order valence-electron chi connectivity index (χ1n) is 6.37. The molecule has 6 nitrogen and oxygen atoms in total. The Hall–Kier alpha value is -1.90. The molecule has 1 heterocycles. The van der Waals surface area contributed by atoms with Gasteiger partial charge in [0.15, 0.2) is 0 Å². The number of rotatable bonds is 7. The molecule has 0 saturated carbocycles. The van der Waals surface area contributed by atoms with Crippen molar-refractivity contribution in [2.24, 2.45) is 0 Å². The number of furan rings is 1. The van der Waals surface area contributed by atoms with Gasteiger partial charge in [0.1, 0.15) is 28.3 Å². The van der Waals surface area contributed by atoms with Crippen molar-refractivity contribution in [3.63, 3.8) is 0 Å². The van der Waals surface area contributed by atoms with Gasteiger partial charge in [0.2, 0.25) is 10.0 Å². The fraction of sp³-hybridized carbons (Fsp3) is 0.286. The van der Waals surface area contributed by atoms with E-state index in [4.69, 9.17) is 13.9 Å². The minimum absolute atomic E-state index is 0.0564. The third-order valence-corrected chi connectivity index (χ3v) is 4.46. The van der Waals surface area contributed by atoms with E-state index in [9.17, 15) is 12.8 Å². The Balaban J connectivity index is 2.19. The van der Waals surface area contributed by atoms with Crippen molar-refractivity contribution in [3.05, 3.63) is 48.2 Å². The average molecular weight is 329 g/mol. The summed E-state index contributed by atoms with van der Waals surface area (Å²) >= 11 is 0. The Kier molecular flexibility index (Phi) is 5.17.